The van der Waals surface area contributed by atoms with Gasteiger partial charge in [-0.05, 0) is 42.5 Å². The van der Waals surface area contributed by atoms with Crippen molar-refractivity contribution >= 4 is 17.3 Å². The second-order valence-corrected chi connectivity index (χ2v) is 4.41. The topological polar surface area (TPSA) is 88.1 Å². The molecule has 5 heteroatoms. The molecule has 0 unspecified atom stereocenters. The number of hydrogen-bond donors (Lipinski definition) is 2. The fraction of sp³-hybridized carbons (Fsp3) is 0.125. The van der Waals surface area contributed by atoms with Gasteiger partial charge in [-0.25, -0.2) is 0 Å². The molecule has 0 atom stereocenters. The second-order valence-electron chi connectivity index (χ2n) is 4.41. The SMILES string of the molecule is N#Cc1cccc(OCCC(=O)Nc2ccc(N)cc2)c1. The number of nitrogens with one attached hydrogen (secondary N) is 1. The van der Waals surface area contributed by atoms with Gasteiger partial charge in [-0.3, -0.25) is 4.79 Å². The Balaban J connectivity index is 1.79. The molecule has 2 rings (SSSR count). The van der Waals surface area contributed by atoms with E-state index in [0.29, 0.717) is 22.7 Å². The summed E-state index contributed by atoms with van der Waals surface area (Å²) in [5.41, 5.74) is 7.44. The first-order valence-electron chi connectivity index (χ1n) is 6.46. The number of nitrogens with zero attached hydrogens (tertiary/aromatic N) is 1. The summed E-state index contributed by atoms with van der Waals surface area (Å²) in [6, 6.07) is 15.8. The minimum Gasteiger partial charge on any atom is -0.493 e. The molecule has 5 nitrogen and oxygen atoms in total. The van der Waals surface area contributed by atoms with Crippen LogP contribution in [0.25, 0.3) is 0 Å². The van der Waals surface area contributed by atoms with Crippen LogP contribution in [-0.4, -0.2) is 12.5 Å². The lowest BCUT2D eigenvalue weighted by molar-refractivity contribution is -0.116. The molecule has 2 aromatic carbocycles. The van der Waals surface area contributed by atoms with Crippen LogP contribution in [0.5, 0.6) is 5.75 Å². The molecular weight excluding hydrogens is 266 g/mol. The lowest BCUT2D eigenvalue weighted by Gasteiger charge is -2.07. The number of ether oxygens (including phenoxy) is 1. The standard InChI is InChI=1S/C16H15N3O2/c17-11-12-2-1-3-15(10-12)21-9-8-16(20)19-14-6-4-13(18)5-7-14/h1-7,10H,8-9,18H2,(H,19,20). The van der Waals surface area contributed by atoms with Gasteiger partial charge >= 0.3 is 0 Å². The summed E-state index contributed by atoms with van der Waals surface area (Å²) in [7, 11) is 0. The first kappa shape index (κ1) is 14.4. The number of nitrogens with two attached hydrogens (primary N) is 1. The smallest absolute Gasteiger partial charge is 0.227 e. The Kier molecular flexibility index (Phi) is 4.78. The lowest BCUT2D eigenvalue weighted by atomic mass is 10.2. The molecule has 0 aliphatic rings. The summed E-state index contributed by atoms with van der Waals surface area (Å²) in [5.74, 6) is 0.436. The maximum Gasteiger partial charge on any atom is 0.227 e. The highest BCUT2D eigenvalue weighted by molar-refractivity contribution is 5.90. The largest absolute Gasteiger partial charge is 0.493 e. The molecule has 0 saturated heterocycles. The average molecular weight is 281 g/mol. The van der Waals surface area contributed by atoms with Crippen molar-refractivity contribution in [3.8, 4) is 11.8 Å². The molecule has 0 bridgehead atoms. The van der Waals surface area contributed by atoms with E-state index in [-0.39, 0.29) is 18.9 Å². The zero-order valence-corrected chi connectivity index (χ0v) is 11.4. The molecule has 0 fully saturated rings. The van der Waals surface area contributed by atoms with E-state index in [0.717, 1.165) is 0 Å². The molecule has 0 aliphatic carbocycles. The lowest BCUT2D eigenvalue weighted by Crippen LogP contribution is -2.15. The zero-order valence-electron chi connectivity index (χ0n) is 11.4. The van der Waals surface area contributed by atoms with Crippen LogP contribution in [0, 0.1) is 11.3 Å². The summed E-state index contributed by atoms with van der Waals surface area (Å²) < 4.78 is 5.44. The zero-order chi connectivity index (χ0) is 15.1. The number of rotatable bonds is 5. The quantitative estimate of drug-likeness (QED) is 0.824. The van der Waals surface area contributed by atoms with E-state index in [1.54, 1.807) is 48.5 Å². The molecule has 0 heterocycles. The van der Waals surface area contributed by atoms with Gasteiger partial charge in [0.25, 0.3) is 0 Å². The number of nitriles is 1. The molecule has 2 aromatic rings. The number of carbonyl (C=O) groups is 1. The molecular formula is C16H15N3O2. The molecule has 0 aromatic heterocycles. The van der Waals surface area contributed by atoms with E-state index in [2.05, 4.69) is 5.32 Å². The predicted molar refractivity (Wildman–Crippen MR) is 80.8 cm³/mol. The van der Waals surface area contributed by atoms with E-state index in [9.17, 15) is 4.79 Å². The molecule has 1 amide bonds. The maximum atomic E-state index is 11.7. The normalized spacial score (nSPS) is 9.67. The van der Waals surface area contributed by atoms with E-state index < -0.39 is 0 Å². The predicted octanol–water partition coefficient (Wildman–Crippen LogP) is 2.55. The fourth-order valence-electron chi connectivity index (χ4n) is 1.71. The van der Waals surface area contributed by atoms with E-state index >= 15 is 0 Å². The van der Waals surface area contributed by atoms with Crippen molar-refractivity contribution in [3.63, 3.8) is 0 Å². The Morgan fingerprint density at radius 2 is 2.00 bits per heavy atom. The molecule has 0 aliphatic heterocycles. The van der Waals surface area contributed by atoms with E-state index in [1.807, 2.05) is 6.07 Å². The number of hydrogen-bond acceptors (Lipinski definition) is 4. The minimum atomic E-state index is -0.142. The van der Waals surface area contributed by atoms with Gasteiger partial charge in [0.2, 0.25) is 5.91 Å². The van der Waals surface area contributed by atoms with Crippen molar-refractivity contribution in [2.45, 2.75) is 6.42 Å². The van der Waals surface area contributed by atoms with Gasteiger partial charge in [0.05, 0.1) is 24.7 Å². The minimum absolute atomic E-state index is 0.142. The summed E-state index contributed by atoms with van der Waals surface area (Å²) in [4.78, 5) is 11.7. The van der Waals surface area contributed by atoms with Gasteiger partial charge < -0.3 is 15.8 Å². The fourth-order valence-corrected chi connectivity index (χ4v) is 1.71. The Bertz CT molecular complexity index is 660. The van der Waals surface area contributed by atoms with Crippen LogP contribution in [0.1, 0.15) is 12.0 Å². The average Bonchev–Trinajstić information content (AvgIpc) is 2.50. The Labute approximate surface area is 123 Å². The highest BCUT2D eigenvalue weighted by atomic mass is 16.5. The van der Waals surface area contributed by atoms with Crippen LogP contribution in [0.15, 0.2) is 48.5 Å². The number of amides is 1. The van der Waals surface area contributed by atoms with Crippen molar-refractivity contribution in [1.29, 1.82) is 5.26 Å². The van der Waals surface area contributed by atoms with Gasteiger partial charge in [0.15, 0.2) is 0 Å². The molecule has 21 heavy (non-hydrogen) atoms. The summed E-state index contributed by atoms with van der Waals surface area (Å²) in [5, 5.41) is 11.5. The van der Waals surface area contributed by atoms with E-state index in [4.69, 9.17) is 15.7 Å². The number of carbonyl (C=O) groups excluding carboxylic acids is 1. The van der Waals surface area contributed by atoms with Gasteiger partial charge in [-0.1, -0.05) is 6.07 Å². The highest BCUT2D eigenvalue weighted by Gasteiger charge is 2.03. The van der Waals surface area contributed by atoms with Gasteiger partial charge in [0, 0.05) is 11.4 Å². The van der Waals surface area contributed by atoms with Crippen molar-refractivity contribution in [1.82, 2.24) is 0 Å². The summed E-state index contributed by atoms with van der Waals surface area (Å²) in [6.45, 7) is 0.246. The second kappa shape index (κ2) is 6.96. The Hall–Kier alpha value is -3.00. The molecule has 0 radical (unpaired) electrons. The molecule has 0 saturated carbocycles. The van der Waals surface area contributed by atoms with Gasteiger partial charge in [-0.15, -0.1) is 0 Å². The molecule has 3 N–H and O–H groups in total. The third-order valence-electron chi connectivity index (χ3n) is 2.76. The van der Waals surface area contributed by atoms with Crippen LogP contribution < -0.4 is 15.8 Å². The third-order valence-corrected chi connectivity index (χ3v) is 2.76. The number of nitrogen functional groups attached to an aromatic ring is 1. The van der Waals surface area contributed by atoms with Gasteiger partial charge in [0.1, 0.15) is 5.75 Å². The monoisotopic (exact) mass is 281 g/mol. The van der Waals surface area contributed by atoms with Crippen LogP contribution in [-0.2, 0) is 4.79 Å². The van der Waals surface area contributed by atoms with Gasteiger partial charge in [-0.2, -0.15) is 5.26 Å². The first-order valence-corrected chi connectivity index (χ1v) is 6.46. The molecule has 106 valence electrons. The van der Waals surface area contributed by atoms with Crippen molar-refractivity contribution < 1.29 is 9.53 Å². The summed E-state index contributed by atoms with van der Waals surface area (Å²) >= 11 is 0. The van der Waals surface area contributed by atoms with Crippen LogP contribution in [0.4, 0.5) is 11.4 Å². The molecule has 0 spiro atoms. The maximum absolute atomic E-state index is 11.7. The Morgan fingerprint density at radius 3 is 2.71 bits per heavy atom. The van der Waals surface area contributed by atoms with Crippen LogP contribution in [0.3, 0.4) is 0 Å². The highest BCUT2D eigenvalue weighted by Crippen LogP contribution is 2.13. The number of benzene rings is 2. The van der Waals surface area contributed by atoms with Crippen LogP contribution in [0.2, 0.25) is 0 Å². The van der Waals surface area contributed by atoms with Crippen molar-refractivity contribution in [2.75, 3.05) is 17.7 Å². The van der Waals surface area contributed by atoms with Crippen molar-refractivity contribution in [2.24, 2.45) is 0 Å². The summed E-state index contributed by atoms with van der Waals surface area (Å²) in [6.07, 6.45) is 0.223. The Morgan fingerprint density at radius 1 is 1.24 bits per heavy atom. The third kappa shape index (κ3) is 4.55. The number of anilines is 2. The van der Waals surface area contributed by atoms with Crippen LogP contribution >= 0.6 is 0 Å². The van der Waals surface area contributed by atoms with Crippen molar-refractivity contribution in [3.05, 3.63) is 54.1 Å². The first-order chi connectivity index (χ1) is 10.2. The van der Waals surface area contributed by atoms with E-state index in [1.165, 1.54) is 0 Å².